The van der Waals surface area contributed by atoms with Gasteiger partial charge in [0, 0.05) is 61.3 Å². The van der Waals surface area contributed by atoms with Gasteiger partial charge in [-0.25, -0.2) is 9.78 Å². The van der Waals surface area contributed by atoms with E-state index in [4.69, 9.17) is 4.42 Å². The summed E-state index contributed by atoms with van der Waals surface area (Å²) in [5.41, 5.74) is 1.21. The summed E-state index contributed by atoms with van der Waals surface area (Å²) in [6.45, 7) is 4.11. The van der Waals surface area contributed by atoms with Gasteiger partial charge < -0.3 is 14.6 Å². The van der Waals surface area contributed by atoms with E-state index in [1.54, 1.807) is 6.07 Å². The first kappa shape index (κ1) is 19.3. The number of anilines is 2. The van der Waals surface area contributed by atoms with Crippen LogP contribution in [0.5, 0.6) is 0 Å². The zero-order chi connectivity index (χ0) is 21.5. The van der Waals surface area contributed by atoms with E-state index in [1.807, 2.05) is 30.5 Å². The minimum absolute atomic E-state index is 0.305. The van der Waals surface area contributed by atoms with Crippen molar-refractivity contribution in [1.29, 1.82) is 0 Å². The highest BCUT2D eigenvalue weighted by atomic mass is 16.4. The molecule has 2 aromatic heterocycles. The Kier molecular flexibility index (Phi) is 4.80. The average Bonchev–Trinajstić information content (AvgIpc) is 2.81. The number of nitrogens with zero attached hydrogens (tertiary/aromatic N) is 3. The van der Waals surface area contributed by atoms with Crippen molar-refractivity contribution >= 4 is 33.2 Å². The van der Waals surface area contributed by atoms with Crippen molar-refractivity contribution in [1.82, 2.24) is 9.88 Å². The molecule has 1 saturated heterocycles. The Hall–Kier alpha value is -3.38. The first-order chi connectivity index (χ1) is 15.7. The van der Waals surface area contributed by atoms with Crippen LogP contribution in [0.1, 0.15) is 12.8 Å². The van der Waals surface area contributed by atoms with Crippen LogP contribution >= 0.6 is 0 Å². The van der Waals surface area contributed by atoms with Crippen LogP contribution in [0.3, 0.4) is 0 Å². The first-order valence-electron chi connectivity index (χ1n) is 11.4. The number of para-hydroxylation sites is 1. The molecule has 0 unspecified atom stereocenters. The van der Waals surface area contributed by atoms with E-state index in [1.165, 1.54) is 10.8 Å². The van der Waals surface area contributed by atoms with Crippen LogP contribution in [-0.2, 0) is 0 Å². The molecule has 2 fully saturated rings. The zero-order valence-electron chi connectivity index (χ0n) is 17.9. The number of rotatable bonds is 4. The van der Waals surface area contributed by atoms with Crippen molar-refractivity contribution in [3.05, 3.63) is 77.3 Å². The van der Waals surface area contributed by atoms with E-state index >= 15 is 0 Å². The Balaban J connectivity index is 1.08. The van der Waals surface area contributed by atoms with Gasteiger partial charge in [-0.05, 0) is 36.4 Å². The number of pyridine rings is 1. The van der Waals surface area contributed by atoms with E-state index in [0.717, 1.165) is 55.9 Å². The van der Waals surface area contributed by atoms with Crippen molar-refractivity contribution in [2.45, 2.75) is 24.9 Å². The summed E-state index contributed by atoms with van der Waals surface area (Å²) in [6.07, 6.45) is 4.11. The molecule has 32 heavy (non-hydrogen) atoms. The molecule has 6 nitrogen and oxygen atoms in total. The topological polar surface area (TPSA) is 61.6 Å². The molecule has 2 aromatic carbocycles. The van der Waals surface area contributed by atoms with Gasteiger partial charge >= 0.3 is 5.63 Å². The van der Waals surface area contributed by atoms with Crippen molar-refractivity contribution < 1.29 is 4.42 Å². The number of nitrogens with one attached hydrogen (secondary N) is 1. The predicted molar refractivity (Wildman–Crippen MR) is 128 cm³/mol. The fourth-order valence-corrected chi connectivity index (χ4v) is 5.11. The zero-order valence-corrected chi connectivity index (χ0v) is 17.9. The lowest BCUT2D eigenvalue weighted by molar-refractivity contribution is 0.110. The smallest absolute Gasteiger partial charge is 0.338 e. The third-order valence-corrected chi connectivity index (χ3v) is 6.91. The predicted octanol–water partition coefficient (Wildman–Crippen LogP) is 4.11. The Morgan fingerprint density at radius 2 is 1.66 bits per heavy atom. The lowest BCUT2D eigenvalue weighted by Gasteiger charge is -2.47. The van der Waals surface area contributed by atoms with Gasteiger partial charge in [-0.3, -0.25) is 4.90 Å². The van der Waals surface area contributed by atoms with E-state index < -0.39 is 0 Å². The first-order valence-corrected chi connectivity index (χ1v) is 11.4. The molecular weight excluding hydrogens is 400 g/mol. The van der Waals surface area contributed by atoms with Crippen molar-refractivity contribution in [3.8, 4) is 0 Å². The second kappa shape index (κ2) is 7.95. The van der Waals surface area contributed by atoms with E-state index in [9.17, 15) is 4.79 Å². The SMILES string of the molecule is O=c1cc(N[C@H]2C[C@H](N3CCN(c4nccc5ccccc45)CC3)C2)c2ccccc2o1. The Morgan fingerprint density at radius 3 is 2.50 bits per heavy atom. The molecule has 4 aromatic rings. The molecule has 1 aliphatic heterocycles. The monoisotopic (exact) mass is 426 g/mol. The van der Waals surface area contributed by atoms with Gasteiger partial charge in [-0.2, -0.15) is 0 Å². The third-order valence-electron chi connectivity index (χ3n) is 6.91. The molecule has 0 amide bonds. The maximum atomic E-state index is 11.9. The van der Waals surface area contributed by atoms with Crippen LogP contribution in [0.4, 0.5) is 11.5 Å². The average molecular weight is 427 g/mol. The fourth-order valence-electron chi connectivity index (χ4n) is 5.11. The standard InChI is InChI=1S/C26H26N4O2/c31-25-17-23(22-7-3-4-8-24(22)32-25)28-19-15-20(16-19)29-11-13-30(14-12-29)26-21-6-2-1-5-18(21)9-10-27-26/h1-10,17,19-20,28H,11-16H2/t19-,20-. The van der Waals surface area contributed by atoms with Crippen molar-refractivity contribution in [2.75, 3.05) is 36.4 Å². The highest BCUT2D eigenvalue weighted by Gasteiger charge is 2.35. The van der Waals surface area contributed by atoms with Gasteiger partial charge in [-0.1, -0.05) is 36.4 Å². The van der Waals surface area contributed by atoms with Crippen LogP contribution in [0.2, 0.25) is 0 Å². The quantitative estimate of drug-likeness (QED) is 0.496. The summed E-state index contributed by atoms with van der Waals surface area (Å²) in [6, 6.07) is 20.8. The molecule has 2 aliphatic rings. The molecule has 6 rings (SSSR count). The molecule has 162 valence electrons. The number of fused-ring (bicyclic) bond motifs is 2. The van der Waals surface area contributed by atoms with Crippen LogP contribution in [0.15, 0.2) is 76.1 Å². The maximum absolute atomic E-state index is 11.9. The Bertz CT molecular complexity index is 1310. The summed E-state index contributed by atoms with van der Waals surface area (Å²) < 4.78 is 5.31. The molecule has 0 spiro atoms. The van der Waals surface area contributed by atoms with Gasteiger partial charge in [0.1, 0.15) is 11.4 Å². The van der Waals surface area contributed by atoms with Crippen LogP contribution in [-0.4, -0.2) is 48.1 Å². The fraction of sp³-hybridized carbons (Fsp3) is 0.308. The summed E-state index contributed by atoms with van der Waals surface area (Å²) >= 11 is 0. The molecule has 1 saturated carbocycles. The minimum Gasteiger partial charge on any atom is -0.423 e. The van der Waals surface area contributed by atoms with E-state index in [2.05, 4.69) is 50.4 Å². The number of hydrogen-bond acceptors (Lipinski definition) is 6. The number of aromatic nitrogens is 1. The molecule has 0 radical (unpaired) electrons. The van der Waals surface area contributed by atoms with Gasteiger partial charge in [0.2, 0.25) is 0 Å². The molecule has 0 bridgehead atoms. The molecule has 1 N–H and O–H groups in total. The third kappa shape index (κ3) is 3.50. The number of hydrogen-bond donors (Lipinski definition) is 1. The normalized spacial score (nSPS) is 21.6. The van der Waals surface area contributed by atoms with E-state index in [0.29, 0.717) is 17.7 Å². The Labute approximate surface area is 186 Å². The van der Waals surface area contributed by atoms with Gasteiger partial charge in [-0.15, -0.1) is 0 Å². The second-order valence-corrected chi connectivity index (χ2v) is 8.82. The molecule has 3 heterocycles. The lowest BCUT2D eigenvalue weighted by atomic mass is 9.84. The van der Waals surface area contributed by atoms with E-state index in [-0.39, 0.29) is 5.63 Å². The largest absolute Gasteiger partial charge is 0.423 e. The van der Waals surface area contributed by atoms with Gasteiger partial charge in [0.25, 0.3) is 0 Å². The second-order valence-electron chi connectivity index (χ2n) is 8.82. The summed E-state index contributed by atoms with van der Waals surface area (Å²) in [5.74, 6) is 1.10. The lowest BCUT2D eigenvalue weighted by Crippen LogP contribution is -2.56. The van der Waals surface area contributed by atoms with Crippen LogP contribution < -0.4 is 15.8 Å². The highest BCUT2D eigenvalue weighted by molar-refractivity contribution is 5.92. The highest BCUT2D eigenvalue weighted by Crippen LogP contribution is 2.32. The molecular formula is C26H26N4O2. The molecule has 6 heteroatoms. The van der Waals surface area contributed by atoms with Crippen molar-refractivity contribution in [3.63, 3.8) is 0 Å². The van der Waals surface area contributed by atoms with Crippen molar-refractivity contribution in [2.24, 2.45) is 0 Å². The summed E-state index contributed by atoms with van der Waals surface area (Å²) in [4.78, 5) is 21.6. The minimum atomic E-state index is -0.305. The van der Waals surface area contributed by atoms with Crippen LogP contribution in [0, 0.1) is 0 Å². The van der Waals surface area contributed by atoms with Crippen LogP contribution in [0.25, 0.3) is 21.7 Å². The number of benzene rings is 2. The maximum Gasteiger partial charge on any atom is 0.338 e. The summed E-state index contributed by atoms with van der Waals surface area (Å²) in [5, 5.41) is 7.02. The Morgan fingerprint density at radius 1 is 0.906 bits per heavy atom. The molecule has 1 aliphatic carbocycles. The number of piperazine rings is 1. The van der Waals surface area contributed by atoms with Gasteiger partial charge in [0.05, 0.1) is 5.69 Å². The summed E-state index contributed by atoms with van der Waals surface area (Å²) in [7, 11) is 0. The molecule has 0 atom stereocenters. The van der Waals surface area contributed by atoms with Gasteiger partial charge in [0.15, 0.2) is 0 Å².